The molecule has 6 nitrogen and oxygen atoms in total. The van der Waals surface area contributed by atoms with Crippen LogP contribution in [0.1, 0.15) is 50.8 Å². The van der Waals surface area contributed by atoms with Crippen LogP contribution in [0.5, 0.6) is 0 Å². The lowest BCUT2D eigenvalue weighted by Gasteiger charge is -2.23. The Hall–Kier alpha value is -3.15. The van der Waals surface area contributed by atoms with Gasteiger partial charge in [0.25, 0.3) is 5.91 Å². The van der Waals surface area contributed by atoms with Gasteiger partial charge in [-0.3, -0.25) is 14.5 Å². The van der Waals surface area contributed by atoms with E-state index >= 15 is 0 Å². The summed E-state index contributed by atoms with van der Waals surface area (Å²) >= 11 is 0. The molecule has 4 amide bonds. The predicted molar refractivity (Wildman–Crippen MR) is 120 cm³/mol. The van der Waals surface area contributed by atoms with Gasteiger partial charge in [0.15, 0.2) is 0 Å². The Morgan fingerprint density at radius 2 is 1.65 bits per heavy atom. The molecule has 1 aliphatic heterocycles. The van der Waals surface area contributed by atoms with Crippen LogP contribution in [-0.2, 0) is 16.0 Å². The van der Waals surface area contributed by atoms with E-state index in [4.69, 9.17) is 0 Å². The molecule has 0 unspecified atom stereocenters. The van der Waals surface area contributed by atoms with Crippen molar-refractivity contribution in [3.63, 3.8) is 0 Å². The maximum absolute atomic E-state index is 13.0. The zero-order valence-electron chi connectivity index (χ0n) is 18.4. The van der Waals surface area contributed by atoms with Crippen LogP contribution in [-0.4, -0.2) is 34.8 Å². The lowest BCUT2D eigenvalue weighted by molar-refractivity contribution is -0.135. The number of hydrogen-bond acceptors (Lipinski definition) is 3. The first-order valence-electron chi connectivity index (χ1n) is 10.8. The maximum Gasteiger partial charge on any atom is 0.325 e. The van der Waals surface area contributed by atoms with Crippen molar-refractivity contribution in [2.45, 2.75) is 51.6 Å². The summed E-state index contributed by atoms with van der Waals surface area (Å²) in [7, 11) is 0. The molecule has 0 aliphatic carbocycles. The van der Waals surface area contributed by atoms with Crippen LogP contribution in [0, 0.1) is 5.92 Å². The molecule has 0 aromatic heterocycles. The number of carbonyl (C=O) groups excluding carboxylic acids is 3. The molecular weight excluding hydrogens is 390 g/mol. The van der Waals surface area contributed by atoms with Crippen molar-refractivity contribution in [1.82, 2.24) is 15.5 Å². The predicted octanol–water partition coefficient (Wildman–Crippen LogP) is 3.83. The Morgan fingerprint density at radius 1 is 1.03 bits per heavy atom. The van der Waals surface area contributed by atoms with E-state index < -0.39 is 11.6 Å². The van der Waals surface area contributed by atoms with Crippen LogP contribution < -0.4 is 10.6 Å². The second-order valence-electron chi connectivity index (χ2n) is 8.80. The molecule has 2 aromatic carbocycles. The number of rotatable bonds is 9. The fourth-order valence-electron chi connectivity index (χ4n) is 3.92. The molecular formula is C25H31N3O3. The molecule has 0 radical (unpaired) electrons. The van der Waals surface area contributed by atoms with E-state index in [9.17, 15) is 14.4 Å². The molecule has 2 aromatic rings. The van der Waals surface area contributed by atoms with Crippen molar-refractivity contribution in [3.05, 3.63) is 71.8 Å². The van der Waals surface area contributed by atoms with E-state index in [2.05, 4.69) is 24.5 Å². The van der Waals surface area contributed by atoms with Crippen LogP contribution in [0.3, 0.4) is 0 Å². The van der Waals surface area contributed by atoms with Crippen LogP contribution >= 0.6 is 0 Å². The third kappa shape index (κ3) is 5.72. The highest BCUT2D eigenvalue weighted by Crippen LogP contribution is 2.24. The first-order valence-corrected chi connectivity index (χ1v) is 10.8. The highest BCUT2D eigenvalue weighted by Gasteiger charge is 2.47. The van der Waals surface area contributed by atoms with Gasteiger partial charge in [0.05, 0.1) is 6.04 Å². The van der Waals surface area contributed by atoms with E-state index in [-0.39, 0.29) is 24.4 Å². The van der Waals surface area contributed by atoms with Crippen molar-refractivity contribution < 1.29 is 14.4 Å². The van der Waals surface area contributed by atoms with Gasteiger partial charge in [-0.25, -0.2) is 4.79 Å². The van der Waals surface area contributed by atoms with Crippen molar-refractivity contribution in [1.29, 1.82) is 0 Å². The summed E-state index contributed by atoms with van der Waals surface area (Å²) in [5.74, 6) is -0.322. The molecule has 1 fully saturated rings. The zero-order valence-corrected chi connectivity index (χ0v) is 18.4. The monoisotopic (exact) mass is 421 g/mol. The molecule has 164 valence electrons. The molecule has 1 aliphatic rings. The average molecular weight is 422 g/mol. The summed E-state index contributed by atoms with van der Waals surface area (Å²) in [5.41, 5.74) is 1.10. The van der Waals surface area contributed by atoms with E-state index in [1.807, 2.05) is 60.7 Å². The molecule has 2 N–H and O–H groups in total. The quantitative estimate of drug-likeness (QED) is 0.604. The smallest absolute Gasteiger partial charge is 0.325 e. The van der Waals surface area contributed by atoms with E-state index in [1.54, 1.807) is 6.92 Å². The van der Waals surface area contributed by atoms with E-state index in [1.165, 1.54) is 0 Å². The Bertz CT molecular complexity index is 914. The molecule has 31 heavy (non-hydrogen) atoms. The van der Waals surface area contributed by atoms with Crippen LogP contribution in [0.25, 0.3) is 0 Å². The number of urea groups is 1. The molecule has 6 heteroatoms. The Balaban J connectivity index is 1.63. The summed E-state index contributed by atoms with van der Waals surface area (Å²) in [5, 5.41) is 5.79. The third-order valence-corrected chi connectivity index (χ3v) is 5.65. The minimum absolute atomic E-state index is 0.168. The number of imide groups is 1. The number of nitrogens with one attached hydrogen (secondary N) is 2. The summed E-state index contributed by atoms with van der Waals surface area (Å²) in [6.45, 7) is 5.63. The van der Waals surface area contributed by atoms with Gasteiger partial charge < -0.3 is 10.6 Å². The minimum Gasteiger partial charge on any atom is -0.348 e. The molecule has 2 atom stereocenters. The third-order valence-electron chi connectivity index (χ3n) is 5.65. The second-order valence-corrected chi connectivity index (χ2v) is 8.80. The lowest BCUT2D eigenvalue weighted by atomic mass is 9.93. The number of aryl methyl sites for hydroxylation is 1. The minimum atomic E-state index is -1.01. The maximum atomic E-state index is 13.0. The topological polar surface area (TPSA) is 78.5 Å². The van der Waals surface area contributed by atoms with Crippen LogP contribution in [0.2, 0.25) is 0 Å². The van der Waals surface area contributed by atoms with Gasteiger partial charge in [-0.05, 0) is 43.2 Å². The molecule has 0 spiro atoms. The van der Waals surface area contributed by atoms with E-state index in [0.29, 0.717) is 18.8 Å². The number of amides is 4. The lowest BCUT2D eigenvalue weighted by Crippen LogP contribution is -2.45. The molecule has 3 rings (SSSR count). The summed E-state index contributed by atoms with van der Waals surface area (Å²) in [4.78, 5) is 39.3. The number of nitrogens with zero attached hydrogens (tertiary/aromatic N) is 1. The number of carbonyl (C=O) groups is 3. The van der Waals surface area contributed by atoms with Gasteiger partial charge in [0.2, 0.25) is 5.91 Å². The summed E-state index contributed by atoms with van der Waals surface area (Å²) in [6.07, 6.45) is 1.90. The first-order chi connectivity index (χ1) is 14.8. The van der Waals surface area contributed by atoms with Gasteiger partial charge in [0.1, 0.15) is 12.1 Å². The van der Waals surface area contributed by atoms with Gasteiger partial charge in [-0.1, -0.05) is 74.5 Å². The molecule has 1 saturated heterocycles. The van der Waals surface area contributed by atoms with Gasteiger partial charge in [0, 0.05) is 0 Å². The zero-order chi connectivity index (χ0) is 22.4. The summed E-state index contributed by atoms with van der Waals surface area (Å²) in [6, 6.07) is 18.9. The SMILES string of the molecule is CC(C)C[C@@H](NC(=O)CN1C(=O)N[C@](C)(CCc2ccccc2)C1=O)c1ccccc1. The number of hydrogen-bond donors (Lipinski definition) is 2. The van der Waals surface area contributed by atoms with Crippen molar-refractivity contribution in [2.24, 2.45) is 5.92 Å². The standard InChI is InChI=1S/C25H31N3O3/c1-18(2)16-21(20-12-8-5-9-13-20)26-22(29)17-28-23(30)25(3,27-24(28)31)15-14-19-10-6-4-7-11-19/h4-13,18,21H,14-17H2,1-3H3,(H,26,29)(H,27,31)/t21-,25-/m1/s1. The van der Waals surface area contributed by atoms with Gasteiger partial charge >= 0.3 is 6.03 Å². The van der Waals surface area contributed by atoms with Crippen molar-refractivity contribution in [2.75, 3.05) is 6.54 Å². The van der Waals surface area contributed by atoms with Gasteiger partial charge in [-0.2, -0.15) is 0 Å². The van der Waals surface area contributed by atoms with Gasteiger partial charge in [-0.15, -0.1) is 0 Å². The van der Waals surface area contributed by atoms with Crippen LogP contribution in [0.4, 0.5) is 4.79 Å². The Labute approximate surface area is 184 Å². The normalized spacial score (nSPS) is 19.4. The second kappa shape index (κ2) is 9.77. The van der Waals surface area contributed by atoms with E-state index in [0.717, 1.165) is 22.4 Å². The largest absolute Gasteiger partial charge is 0.348 e. The molecule has 1 heterocycles. The number of benzene rings is 2. The highest BCUT2D eigenvalue weighted by molar-refractivity contribution is 6.08. The summed E-state index contributed by atoms with van der Waals surface area (Å²) < 4.78 is 0. The molecule has 0 bridgehead atoms. The fraction of sp³-hybridized carbons (Fsp3) is 0.400. The van der Waals surface area contributed by atoms with Crippen LogP contribution in [0.15, 0.2) is 60.7 Å². The first kappa shape index (κ1) is 22.5. The highest BCUT2D eigenvalue weighted by atomic mass is 16.2. The van der Waals surface area contributed by atoms with Crippen molar-refractivity contribution >= 4 is 17.8 Å². The molecule has 0 saturated carbocycles. The average Bonchev–Trinajstić information content (AvgIpc) is 2.96. The fourth-order valence-corrected chi connectivity index (χ4v) is 3.92. The van der Waals surface area contributed by atoms with Crippen molar-refractivity contribution in [3.8, 4) is 0 Å². The Kier molecular flexibility index (Phi) is 7.10. The Morgan fingerprint density at radius 3 is 2.26 bits per heavy atom.